The fourth-order valence-corrected chi connectivity index (χ4v) is 3.60. The average Bonchev–Trinajstić information content (AvgIpc) is 2.85. The van der Waals surface area contributed by atoms with Gasteiger partial charge in [-0.3, -0.25) is 4.79 Å². The van der Waals surface area contributed by atoms with Crippen LogP contribution in [-0.4, -0.2) is 5.78 Å². The van der Waals surface area contributed by atoms with Crippen molar-refractivity contribution in [3.8, 4) is 0 Å². The normalized spacial score (nSPS) is 10.9. The van der Waals surface area contributed by atoms with E-state index in [1.54, 1.807) is 11.3 Å². The van der Waals surface area contributed by atoms with Gasteiger partial charge < -0.3 is 0 Å². The number of carbonyl (C=O) groups excluding carboxylic acids is 1. The van der Waals surface area contributed by atoms with Crippen molar-refractivity contribution in [3.63, 3.8) is 0 Å². The molecule has 0 saturated carbocycles. The molecular formula is C18H16OS. The Hall–Kier alpha value is -1.93. The highest BCUT2D eigenvalue weighted by atomic mass is 32.1. The average molecular weight is 280 g/mol. The van der Waals surface area contributed by atoms with E-state index >= 15 is 0 Å². The molecule has 0 bridgehead atoms. The summed E-state index contributed by atoms with van der Waals surface area (Å²) in [7, 11) is 0. The molecule has 0 saturated heterocycles. The minimum absolute atomic E-state index is 0.197. The van der Waals surface area contributed by atoms with Crippen LogP contribution in [0.15, 0.2) is 47.8 Å². The standard InChI is InChI=1S/C18H16OS/c1-12-8-13(2)10-14(9-12)11-17(19)16-5-3-4-15-6-7-20-18(15)16/h3-10H,11H2,1-2H3. The quantitative estimate of drug-likeness (QED) is 0.621. The zero-order valence-corrected chi connectivity index (χ0v) is 12.5. The van der Waals surface area contributed by atoms with Gasteiger partial charge in [-0.1, -0.05) is 41.5 Å². The van der Waals surface area contributed by atoms with E-state index in [-0.39, 0.29) is 5.78 Å². The zero-order chi connectivity index (χ0) is 14.1. The third-order valence-electron chi connectivity index (χ3n) is 3.43. The summed E-state index contributed by atoms with van der Waals surface area (Å²) in [5.41, 5.74) is 4.36. The van der Waals surface area contributed by atoms with Crippen molar-refractivity contribution in [2.75, 3.05) is 0 Å². The molecule has 0 radical (unpaired) electrons. The molecule has 2 aromatic carbocycles. The molecule has 0 unspecified atom stereocenters. The van der Waals surface area contributed by atoms with Crippen LogP contribution in [0.1, 0.15) is 27.0 Å². The van der Waals surface area contributed by atoms with Crippen molar-refractivity contribution in [1.82, 2.24) is 0 Å². The minimum atomic E-state index is 0.197. The molecule has 1 nitrogen and oxygen atoms in total. The Bertz CT molecular complexity index is 763. The lowest BCUT2D eigenvalue weighted by molar-refractivity contribution is 0.0994. The van der Waals surface area contributed by atoms with Crippen molar-refractivity contribution in [2.24, 2.45) is 0 Å². The van der Waals surface area contributed by atoms with E-state index in [1.165, 1.54) is 11.1 Å². The van der Waals surface area contributed by atoms with Crippen LogP contribution >= 0.6 is 11.3 Å². The Labute approximate surface area is 122 Å². The Morgan fingerprint density at radius 3 is 2.55 bits per heavy atom. The summed E-state index contributed by atoms with van der Waals surface area (Å²) < 4.78 is 1.10. The van der Waals surface area contributed by atoms with E-state index in [4.69, 9.17) is 0 Å². The molecule has 0 aliphatic carbocycles. The Kier molecular flexibility index (Phi) is 3.41. The van der Waals surface area contributed by atoms with E-state index < -0.39 is 0 Å². The number of thiophene rings is 1. The highest BCUT2D eigenvalue weighted by Gasteiger charge is 2.12. The zero-order valence-electron chi connectivity index (χ0n) is 11.6. The first-order chi connectivity index (χ1) is 9.63. The number of benzene rings is 2. The predicted octanol–water partition coefficient (Wildman–Crippen LogP) is 4.94. The molecule has 3 aromatic rings. The van der Waals surface area contributed by atoms with Crippen molar-refractivity contribution in [1.29, 1.82) is 0 Å². The third kappa shape index (κ3) is 2.52. The summed E-state index contributed by atoms with van der Waals surface area (Å²) in [4.78, 5) is 12.6. The highest BCUT2D eigenvalue weighted by Crippen LogP contribution is 2.26. The fourth-order valence-electron chi connectivity index (χ4n) is 2.66. The lowest BCUT2D eigenvalue weighted by Gasteiger charge is -2.06. The Balaban J connectivity index is 1.95. The van der Waals surface area contributed by atoms with Gasteiger partial charge in [0.2, 0.25) is 0 Å². The van der Waals surface area contributed by atoms with Crippen LogP contribution in [0.25, 0.3) is 10.1 Å². The second kappa shape index (κ2) is 5.22. The SMILES string of the molecule is Cc1cc(C)cc(CC(=O)c2cccc3ccsc23)c1. The molecule has 3 rings (SSSR count). The van der Waals surface area contributed by atoms with Gasteiger partial charge in [0.25, 0.3) is 0 Å². The van der Waals surface area contributed by atoms with Crippen molar-refractivity contribution < 1.29 is 4.79 Å². The molecule has 20 heavy (non-hydrogen) atoms. The molecule has 0 aliphatic heterocycles. The molecule has 0 amide bonds. The molecule has 0 atom stereocenters. The second-order valence-corrected chi connectivity index (χ2v) is 6.16. The maximum absolute atomic E-state index is 12.6. The van der Waals surface area contributed by atoms with E-state index in [0.717, 1.165) is 21.2 Å². The van der Waals surface area contributed by atoms with Crippen LogP contribution in [0.5, 0.6) is 0 Å². The summed E-state index contributed by atoms with van der Waals surface area (Å²) in [6, 6.07) is 14.3. The largest absolute Gasteiger partial charge is 0.294 e. The minimum Gasteiger partial charge on any atom is -0.294 e. The number of fused-ring (bicyclic) bond motifs is 1. The number of hydrogen-bond donors (Lipinski definition) is 0. The number of carbonyl (C=O) groups is 1. The maximum atomic E-state index is 12.6. The molecule has 0 fully saturated rings. The van der Waals surface area contributed by atoms with Gasteiger partial charge in [-0.15, -0.1) is 11.3 Å². The van der Waals surface area contributed by atoms with E-state index in [9.17, 15) is 4.79 Å². The third-order valence-corrected chi connectivity index (χ3v) is 4.39. The Morgan fingerprint density at radius 1 is 1.05 bits per heavy atom. The van der Waals surface area contributed by atoms with Crippen LogP contribution in [-0.2, 0) is 6.42 Å². The Morgan fingerprint density at radius 2 is 1.80 bits per heavy atom. The molecule has 100 valence electrons. The van der Waals surface area contributed by atoms with Gasteiger partial charge in [0.15, 0.2) is 5.78 Å². The maximum Gasteiger partial charge on any atom is 0.168 e. The molecule has 0 spiro atoms. The summed E-state index contributed by atoms with van der Waals surface area (Å²) in [6.45, 7) is 4.14. The number of rotatable bonds is 3. The first-order valence-corrected chi connectivity index (χ1v) is 7.58. The van der Waals surface area contributed by atoms with Gasteiger partial charge in [-0.25, -0.2) is 0 Å². The van der Waals surface area contributed by atoms with Gasteiger partial charge in [0, 0.05) is 16.7 Å². The smallest absolute Gasteiger partial charge is 0.168 e. The first kappa shape index (κ1) is 13.1. The van der Waals surface area contributed by atoms with Crippen LogP contribution in [0.3, 0.4) is 0 Å². The molecule has 1 heterocycles. The number of ketones is 1. The number of Topliss-reactive ketones (excluding diaryl/α,β-unsaturated/α-hetero) is 1. The van der Waals surface area contributed by atoms with Crippen LogP contribution in [0, 0.1) is 13.8 Å². The van der Waals surface area contributed by atoms with E-state index in [2.05, 4.69) is 44.2 Å². The molecule has 1 aromatic heterocycles. The summed E-state index contributed by atoms with van der Waals surface area (Å²) >= 11 is 1.64. The van der Waals surface area contributed by atoms with Gasteiger partial charge in [0.1, 0.15) is 0 Å². The first-order valence-electron chi connectivity index (χ1n) is 6.70. The van der Waals surface area contributed by atoms with Crippen molar-refractivity contribution in [2.45, 2.75) is 20.3 Å². The van der Waals surface area contributed by atoms with Crippen molar-refractivity contribution >= 4 is 27.2 Å². The predicted molar refractivity (Wildman–Crippen MR) is 85.8 cm³/mol. The molecular weight excluding hydrogens is 264 g/mol. The molecule has 0 aliphatic rings. The molecule has 0 N–H and O–H groups in total. The summed E-state index contributed by atoms with van der Waals surface area (Å²) in [5.74, 6) is 0.197. The van der Waals surface area contributed by atoms with Crippen molar-refractivity contribution in [3.05, 3.63) is 70.1 Å². The number of hydrogen-bond acceptors (Lipinski definition) is 2. The van der Waals surface area contributed by atoms with Gasteiger partial charge in [0.05, 0.1) is 0 Å². The topological polar surface area (TPSA) is 17.1 Å². The van der Waals surface area contributed by atoms with Gasteiger partial charge in [-0.2, -0.15) is 0 Å². The monoisotopic (exact) mass is 280 g/mol. The lowest BCUT2D eigenvalue weighted by Crippen LogP contribution is -2.04. The summed E-state index contributed by atoms with van der Waals surface area (Å²) in [6.07, 6.45) is 0.472. The summed E-state index contributed by atoms with van der Waals surface area (Å²) in [5, 5.41) is 3.19. The second-order valence-electron chi connectivity index (χ2n) is 5.24. The highest BCUT2D eigenvalue weighted by molar-refractivity contribution is 7.17. The van der Waals surface area contributed by atoms with Gasteiger partial charge in [-0.05, 0) is 42.3 Å². The van der Waals surface area contributed by atoms with Crippen LogP contribution in [0.4, 0.5) is 0 Å². The lowest BCUT2D eigenvalue weighted by atomic mass is 9.99. The van der Waals surface area contributed by atoms with E-state index in [0.29, 0.717) is 6.42 Å². The fraction of sp³-hybridized carbons (Fsp3) is 0.167. The van der Waals surface area contributed by atoms with Gasteiger partial charge >= 0.3 is 0 Å². The number of aryl methyl sites for hydroxylation is 2. The van der Waals surface area contributed by atoms with E-state index in [1.807, 2.05) is 17.5 Å². The molecule has 2 heteroatoms. The van der Waals surface area contributed by atoms with Crippen LogP contribution in [0.2, 0.25) is 0 Å². The van der Waals surface area contributed by atoms with Crippen LogP contribution < -0.4 is 0 Å².